The van der Waals surface area contributed by atoms with Gasteiger partial charge in [-0.1, -0.05) is 0 Å². The summed E-state index contributed by atoms with van der Waals surface area (Å²) in [5.74, 6) is -0.512. The zero-order valence-corrected chi connectivity index (χ0v) is 12.8. The number of hydrogen-bond acceptors (Lipinski definition) is 6. The third-order valence-electron chi connectivity index (χ3n) is 3.87. The van der Waals surface area contributed by atoms with Gasteiger partial charge in [-0.05, 0) is 12.8 Å². The smallest absolute Gasteiger partial charge is 0.274 e. The molecule has 8 heteroatoms. The Labute approximate surface area is 131 Å². The van der Waals surface area contributed by atoms with E-state index < -0.39 is 5.54 Å². The number of likely N-dealkylation sites (tertiary alicyclic amines) is 1. The second kappa shape index (κ2) is 5.80. The van der Waals surface area contributed by atoms with Gasteiger partial charge in [0.25, 0.3) is 11.8 Å². The Bertz CT molecular complexity index is 676. The van der Waals surface area contributed by atoms with E-state index in [1.165, 1.54) is 17.5 Å². The number of likely N-dealkylation sites (N-methyl/N-ethyl adjacent to an activating group) is 1. The lowest BCUT2D eigenvalue weighted by molar-refractivity contribution is -0.131. The van der Waals surface area contributed by atoms with Gasteiger partial charge in [-0.15, -0.1) is 11.3 Å². The van der Waals surface area contributed by atoms with Crippen LogP contribution in [0.2, 0.25) is 0 Å². The minimum absolute atomic E-state index is 0.255. The van der Waals surface area contributed by atoms with E-state index in [0.29, 0.717) is 24.4 Å². The highest BCUT2D eigenvalue weighted by atomic mass is 32.1. The van der Waals surface area contributed by atoms with Gasteiger partial charge in [0, 0.05) is 31.4 Å². The van der Waals surface area contributed by atoms with E-state index in [4.69, 9.17) is 0 Å². The summed E-state index contributed by atoms with van der Waals surface area (Å²) in [5, 5.41) is 4.34. The molecule has 1 saturated heterocycles. The SMILES string of the molecule is CNC(=O)[C@]1(c2cnccn2)CCCN1C(=O)c1cscn1. The highest BCUT2D eigenvalue weighted by Gasteiger charge is 2.52. The molecule has 7 nitrogen and oxygen atoms in total. The number of hydrogen-bond donors (Lipinski definition) is 1. The molecular formula is C14H15N5O2S. The summed E-state index contributed by atoms with van der Waals surface area (Å²) < 4.78 is 0. The fraction of sp³-hybridized carbons (Fsp3) is 0.357. The lowest BCUT2D eigenvalue weighted by Gasteiger charge is -2.35. The molecule has 0 aromatic carbocycles. The third-order valence-corrected chi connectivity index (χ3v) is 4.45. The first-order valence-electron chi connectivity index (χ1n) is 6.89. The summed E-state index contributed by atoms with van der Waals surface area (Å²) in [4.78, 5) is 39.3. The van der Waals surface area contributed by atoms with E-state index in [0.717, 1.165) is 6.42 Å². The second-order valence-corrected chi connectivity index (χ2v) is 5.68. The highest BCUT2D eigenvalue weighted by molar-refractivity contribution is 7.07. The lowest BCUT2D eigenvalue weighted by Crippen LogP contribution is -2.55. The van der Waals surface area contributed by atoms with Crippen molar-refractivity contribution in [1.29, 1.82) is 0 Å². The normalized spacial score (nSPS) is 20.9. The molecule has 3 heterocycles. The monoisotopic (exact) mass is 317 g/mol. The highest BCUT2D eigenvalue weighted by Crippen LogP contribution is 2.38. The fourth-order valence-corrected chi connectivity index (χ4v) is 3.41. The first-order valence-corrected chi connectivity index (χ1v) is 7.83. The third kappa shape index (κ3) is 2.16. The zero-order valence-electron chi connectivity index (χ0n) is 12.0. The van der Waals surface area contributed by atoms with E-state index >= 15 is 0 Å². The molecule has 0 radical (unpaired) electrons. The molecule has 0 spiro atoms. The maximum absolute atomic E-state index is 12.8. The largest absolute Gasteiger partial charge is 0.357 e. The van der Waals surface area contributed by atoms with Gasteiger partial charge in [0.2, 0.25) is 0 Å². The number of carbonyl (C=O) groups excluding carboxylic acids is 2. The van der Waals surface area contributed by atoms with Crippen LogP contribution in [0.5, 0.6) is 0 Å². The van der Waals surface area contributed by atoms with Gasteiger partial charge in [0.05, 0.1) is 17.4 Å². The van der Waals surface area contributed by atoms with Gasteiger partial charge in [-0.2, -0.15) is 0 Å². The van der Waals surface area contributed by atoms with E-state index in [2.05, 4.69) is 20.3 Å². The predicted octanol–water partition coefficient (Wildman–Crippen LogP) is 0.811. The Hall–Kier alpha value is -2.35. The second-order valence-electron chi connectivity index (χ2n) is 4.96. The standard InChI is InChI=1S/C14H15N5O2S/c1-15-13(21)14(11-7-16-4-5-17-11)3-2-6-19(14)12(20)10-8-22-9-18-10/h4-5,7-9H,2-3,6H2,1H3,(H,15,21)/t14-/m1/s1. The molecule has 2 aromatic heterocycles. The van der Waals surface area contributed by atoms with Crippen molar-refractivity contribution in [3.63, 3.8) is 0 Å². The average molecular weight is 317 g/mol. The van der Waals surface area contributed by atoms with Gasteiger partial charge in [-0.3, -0.25) is 19.6 Å². The Balaban J connectivity index is 2.08. The van der Waals surface area contributed by atoms with E-state index in [-0.39, 0.29) is 11.8 Å². The first kappa shape index (κ1) is 14.6. The van der Waals surface area contributed by atoms with Crippen LogP contribution in [0, 0.1) is 0 Å². The molecule has 3 rings (SSSR count). The summed E-state index contributed by atoms with van der Waals surface area (Å²) in [7, 11) is 1.56. The van der Waals surface area contributed by atoms with E-state index in [1.54, 1.807) is 35.2 Å². The summed E-state index contributed by atoms with van der Waals surface area (Å²) in [5.41, 5.74) is 1.32. The minimum atomic E-state index is -1.12. The Morgan fingerprint density at radius 1 is 1.36 bits per heavy atom. The molecule has 1 aliphatic rings. The van der Waals surface area contributed by atoms with Gasteiger partial charge < -0.3 is 10.2 Å². The van der Waals surface area contributed by atoms with Crippen LogP contribution in [-0.4, -0.2) is 45.3 Å². The van der Waals surface area contributed by atoms with E-state index in [9.17, 15) is 9.59 Å². The predicted molar refractivity (Wildman–Crippen MR) is 80.2 cm³/mol. The lowest BCUT2D eigenvalue weighted by atomic mass is 9.90. The molecule has 0 saturated carbocycles. The van der Waals surface area contributed by atoms with Gasteiger partial charge in [0.15, 0.2) is 5.54 Å². The summed E-state index contributed by atoms with van der Waals surface area (Å²) >= 11 is 1.35. The zero-order chi connectivity index (χ0) is 15.6. The molecule has 1 atom stereocenters. The number of aromatic nitrogens is 3. The Kier molecular flexibility index (Phi) is 3.84. The number of amides is 2. The molecule has 114 valence electrons. The van der Waals surface area contributed by atoms with Crippen molar-refractivity contribution in [2.24, 2.45) is 0 Å². The summed E-state index contributed by atoms with van der Waals surface area (Å²) in [6.07, 6.45) is 5.86. The topological polar surface area (TPSA) is 88.1 Å². The first-order chi connectivity index (χ1) is 10.7. The number of thiazole rings is 1. The van der Waals surface area contributed by atoms with Crippen molar-refractivity contribution in [3.8, 4) is 0 Å². The molecule has 1 fully saturated rings. The minimum Gasteiger partial charge on any atom is -0.357 e. The van der Waals surface area contributed by atoms with Crippen molar-refractivity contribution in [2.75, 3.05) is 13.6 Å². The van der Waals surface area contributed by atoms with Crippen molar-refractivity contribution >= 4 is 23.2 Å². The molecule has 0 bridgehead atoms. The van der Waals surface area contributed by atoms with Crippen LogP contribution in [0.15, 0.2) is 29.5 Å². The average Bonchev–Trinajstić information content (AvgIpc) is 3.24. The molecule has 22 heavy (non-hydrogen) atoms. The van der Waals surface area contributed by atoms with Crippen molar-refractivity contribution in [3.05, 3.63) is 40.9 Å². The fourth-order valence-electron chi connectivity index (χ4n) is 2.89. The molecule has 0 unspecified atom stereocenters. The van der Waals surface area contributed by atoms with Crippen LogP contribution in [0.3, 0.4) is 0 Å². The van der Waals surface area contributed by atoms with Crippen LogP contribution in [0.4, 0.5) is 0 Å². The van der Waals surface area contributed by atoms with Gasteiger partial charge in [0.1, 0.15) is 5.69 Å². The molecular weight excluding hydrogens is 302 g/mol. The number of nitrogens with zero attached hydrogens (tertiary/aromatic N) is 4. The summed E-state index contributed by atoms with van der Waals surface area (Å²) in [6.45, 7) is 0.486. The molecule has 1 N–H and O–H groups in total. The van der Waals surface area contributed by atoms with Crippen LogP contribution in [0.25, 0.3) is 0 Å². The van der Waals surface area contributed by atoms with Crippen molar-refractivity contribution < 1.29 is 9.59 Å². The number of carbonyl (C=O) groups is 2. The van der Waals surface area contributed by atoms with E-state index in [1.807, 2.05) is 0 Å². The number of nitrogens with one attached hydrogen (secondary N) is 1. The summed E-state index contributed by atoms with van der Waals surface area (Å²) in [6, 6.07) is 0. The molecule has 0 aliphatic carbocycles. The quantitative estimate of drug-likeness (QED) is 0.905. The Morgan fingerprint density at radius 2 is 2.23 bits per heavy atom. The van der Waals surface area contributed by atoms with Crippen LogP contribution in [-0.2, 0) is 10.3 Å². The Morgan fingerprint density at radius 3 is 2.86 bits per heavy atom. The van der Waals surface area contributed by atoms with Crippen molar-refractivity contribution in [1.82, 2.24) is 25.2 Å². The van der Waals surface area contributed by atoms with Crippen LogP contribution < -0.4 is 5.32 Å². The maximum atomic E-state index is 12.8. The maximum Gasteiger partial charge on any atom is 0.274 e. The molecule has 2 aromatic rings. The molecule has 2 amide bonds. The van der Waals surface area contributed by atoms with Crippen LogP contribution >= 0.6 is 11.3 Å². The van der Waals surface area contributed by atoms with Crippen molar-refractivity contribution in [2.45, 2.75) is 18.4 Å². The molecule has 1 aliphatic heterocycles. The number of rotatable bonds is 3. The van der Waals surface area contributed by atoms with Crippen LogP contribution in [0.1, 0.15) is 29.0 Å². The van der Waals surface area contributed by atoms with Gasteiger partial charge >= 0.3 is 0 Å². The van der Waals surface area contributed by atoms with Gasteiger partial charge in [-0.25, -0.2) is 4.98 Å².